The topological polar surface area (TPSA) is 0 Å². The molecule has 0 saturated carbocycles. The number of benzene rings is 4. The molecular weight excluding hydrogens is 415 g/mol. The van der Waals surface area contributed by atoms with Crippen molar-refractivity contribution in [2.45, 2.75) is 26.7 Å². The Kier molecular flexibility index (Phi) is 6.30. The molecule has 0 amide bonds. The summed E-state index contributed by atoms with van der Waals surface area (Å²) in [7, 11) is 0. The molecule has 0 aliphatic carbocycles. The van der Waals surface area contributed by atoms with Gasteiger partial charge in [0.2, 0.25) is 0 Å². The molecule has 1 heteroatoms. The second-order valence-electron chi connectivity index (χ2n) is 7.63. The Hall–Kier alpha value is -2.60. The molecule has 0 spiro atoms. The van der Waals surface area contributed by atoms with Gasteiger partial charge in [-0.2, -0.15) is 0 Å². The van der Waals surface area contributed by atoms with E-state index in [9.17, 15) is 0 Å². The molecule has 0 atom stereocenters. The summed E-state index contributed by atoms with van der Waals surface area (Å²) in [6.07, 6.45) is 1.99. The van der Waals surface area contributed by atoms with Gasteiger partial charge < -0.3 is 0 Å². The van der Waals surface area contributed by atoms with E-state index < -0.39 is 0 Å². The van der Waals surface area contributed by atoms with Crippen LogP contribution in [-0.4, -0.2) is 15.0 Å². The molecular formula is C28H26Se. The molecule has 0 nitrogen and oxygen atoms in total. The van der Waals surface area contributed by atoms with E-state index in [0.29, 0.717) is 15.0 Å². The Morgan fingerprint density at radius 2 is 0.897 bits per heavy atom. The molecule has 29 heavy (non-hydrogen) atoms. The molecule has 0 heterocycles. The summed E-state index contributed by atoms with van der Waals surface area (Å²) in [6.45, 7) is 4.49. The van der Waals surface area contributed by atoms with Crippen molar-refractivity contribution in [2.75, 3.05) is 0 Å². The number of hydrogen-bond acceptors (Lipinski definition) is 0. The van der Waals surface area contributed by atoms with Crippen LogP contribution in [0.1, 0.15) is 33.4 Å². The van der Waals surface area contributed by atoms with E-state index in [4.69, 9.17) is 0 Å². The Labute approximate surface area is 180 Å². The third-order valence-electron chi connectivity index (χ3n) is 5.23. The minimum atomic E-state index is 0.313. The predicted molar refractivity (Wildman–Crippen MR) is 126 cm³/mol. The summed E-state index contributed by atoms with van der Waals surface area (Å²) in [5, 5.41) is 0. The molecule has 0 aliphatic rings. The van der Waals surface area contributed by atoms with Gasteiger partial charge in [0.15, 0.2) is 0 Å². The third-order valence-corrected chi connectivity index (χ3v) is 8.00. The SMILES string of the molecule is Cc1ccc(Cc2ccccc2)cc1[Se]c1cc(Cc2ccccc2)ccc1C. The van der Waals surface area contributed by atoms with E-state index in [0.717, 1.165) is 12.8 Å². The summed E-state index contributed by atoms with van der Waals surface area (Å²) in [5.41, 5.74) is 8.34. The van der Waals surface area contributed by atoms with Crippen molar-refractivity contribution in [3.05, 3.63) is 130 Å². The second kappa shape index (κ2) is 9.26. The molecule has 4 rings (SSSR count). The van der Waals surface area contributed by atoms with Crippen LogP contribution in [0.15, 0.2) is 97.1 Å². The van der Waals surface area contributed by atoms with Gasteiger partial charge in [-0.3, -0.25) is 0 Å². The quantitative estimate of drug-likeness (QED) is 0.364. The molecule has 0 saturated heterocycles. The zero-order chi connectivity index (χ0) is 20.1. The fourth-order valence-corrected chi connectivity index (χ4v) is 5.85. The van der Waals surface area contributed by atoms with Crippen LogP contribution in [-0.2, 0) is 12.8 Å². The van der Waals surface area contributed by atoms with Crippen molar-refractivity contribution >= 4 is 23.9 Å². The molecule has 0 N–H and O–H groups in total. The van der Waals surface area contributed by atoms with Gasteiger partial charge in [0.1, 0.15) is 0 Å². The van der Waals surface area contributed by atoms with Gasteiger partial charge in [-0.05, 0) is 0 Å². The van der Waals surface area contributed by atoms with Crippen LogP contribution in [0.3, 0.4) is 0 Å². The van der Waals surface area contributed by atoms with E-state index in [1.54, 1.807) is 0 Å². The first-order valence-corrected chi connectivity index (χ1v) is 11.8. The first-order valence-electron chi connectivity index (χ1n) is 10.1. The van der Waals surface area contributed by atoms with Gasteiger partial charge in [-0.25, -0.2) is 0 Å². The van der Waals surface area contributed by atoms with Crippen molar-refractivity contribution in [3.63, 3.8) is 0 Å². The summed E-state index contributed by atoms with van der Waals surface area (Å²) < 4.78 is 2.98. The summed E-state index contributed by atoms with van der Waals surface area (Å²) in [6, 6.07) is 35.5. The van der Waals surface area contributed by atoms with Crippen LogP contribution in [0, 0.1) is 13.8 Å². The van der Waals surface area contributed by atoms with Crippen LogP contribution in [0.4, 0.5) is 0 Å². The van der Waals surface area contributed by atoms with Crippen LogP contribution >= 0.6 is 0 Å². The fourth-order valence-electron chi connectivity index (χ4n) is 3.51. The normalized spacial score (nSPS) is 10.8. The second-order valence-corrected chi connectivity index (χ2v) is 9.90. The molecule has 144 valence electrons. The molecule has 0 bridgehead atoms. The molecule has 4 aromatic carbocycles. The van der Waals surface area contributed by atoms with E-state index in [1.165, 1.54) is 42.3 Å². The van der Waals surface area contributed by atoms with Gasteiger partial charge in [0.05, 0.1) is 0 Å². The average Bonchev–Trinajstić information content (AvgIpc) is 2.74. The van der Waals surface area contributed by atoms with Gasteiger partial charge in [-0.1, -0.05) is 0 Å². The Morgan fingerprint density at radius 3 is 1.31 bits per heavy atom. The number of aryl methyl sites for hydroxylation is 2. The molecule has 0 aromatic heterocycles. The maximum absolute atomic E-state index is 2.42. The fraction of sp³-hybridized carbons (Fsp3) is 0.143. The van der Waals surface area contributed by atoms with Crippen molar-refractivity contribution in [2.24, 2.45) is 0 Å². The zero-order valence-corrected chi connectivity index (χ0v) is 18.8. The van der Waals surface area contributed by atoms with Crippen LogP contribution < -0.4 is 8.92 Å². The molecule has 0 radical (unpaired) electrons. The summed E-state index contributed by atoms with van der Waals surface area (Å²) in [4.78, 5) is 0. The van der Waals surface area contributed by atoms with Gasteiger partial charge in [0.25, 0.3) is 0 Å². The first-order chi connectivity index (χ1) is 14.2. The summed E-state index contributed by atoms with van der Waals surface area (Å²) in [5.74, 6) is 0. The monoisotopic (exact) mass is 442 g/mol. The van der Waals surface area contributed by atoms with Crippen molar-refractivity contribution in [3.8, 4) is 0 Å². The Bertz CT molecular complexity index is 993. The summed E-state index contributed by atoms with van der Waals surface area (Å²) >= 11 is 0.313. The maximum atomic E-state index is 2.42. The van der Waals surface area contributed by atoms with E-state index in [2.05, 4.69) is 111 Å². The zero-order valence-electron chi connectivity index (χ0n) is 17.1. The average molecular weight is 441 g/mol. The molecule has 4 aromatic rings. The Morgan fingerprint density at radius 1 is 0.483 bits per heavy atom. The molecule has 0 aliphatic heterocycles. The van der Waals surface area contributed by atoms with Crippen molar-refractivity contribution < 1.29 is 0 Å². The van der Waals surface area contributed by atoms with Crippen LogP contribution in [0.5, 0.6) is 0 Å². The van der Waals surface area contributed by atoms with Crippen molar-refractivity contribution in [1.82, 2.24) is 0 Å². The molecule has 0 fully saturated rings. The van der Waals surface area contributed by atoms with Crippen LogP contribution in [0.2, 0.25) is 0 Å². The van der Waals surface area contributed by atoms with Crippen molar-refractivity contribution in [1.29, 1.82) is 0 Å². The van der Waals surface area contributed by atoms with E-state index >= 15 is 0 Å². The molecule has 0 unspecified atom stereocenters. The van der Waals surface area contributed by atoms with E-state index in [-0.39, 0.29) is 0 Å². The predicted octanol–water partition coefficient (Wildman–Crippen LogP) is 5.14. The van der Waals surface area contributed by atoms with Crippen LogP contribution in [0.25, 0.3) is 0 Å². The number of rotatable bonds is 6. The standard InChI is InChI=1S/C28H26Se/c1-21-13-15-25(17-23-9-5-3-6-10-23)19-27(21)29-28-20-26(16-14-22(28)2)18-24-11-7-4-8-12-24/h3-16,19-20H,17-18H2,1-2H3. The van der Waals surface area contributed by atoms with Gasteiger partial charge in [-0.15, -0.1) is 0 Å². The minimum absolute atomic E-state index is 0.313. The Balaban J connectivity index is 1.57. The first kappa shape index (κ1) is 19.7. The van der Waals surface area contributed by atoms with E-state index in [1.807, 2.05) is 0 Å². The third kappa shape index (κ3) is 5.26. The number of hydrogen-bond donors (Lipinski definition) is 0. The van der Waals surface area contributed by atoms with Gasteiger partial charge >= 0.3 is 181 Å². The van der Waals surface area contributed by atoms with Gasteiger partial charge in [0, 0.05) is 0 Å².